The second-order valence-corrected chi connectivity index (χ2v) is 8.56. The molecule has 2 aromatic carbocycles. The number of halogens is 5. The number of hydrogen-bond acceptors (Lipinski definition) is 5. The zero-order valence-corrected chi connectivity index (χ0v) is 18.2. The molecule has 0 atom stereocenters. The topological polar surface area (TPSA) is 55.5 Å². The number of aromatic nitrogens is 4. The van der Waals surface area contributed by atoms with Crippen molar-refractivity contribution in [2.75, 3.05) is 18.1 Å². The third-order valence-electron chi connectivity index (χ3n) is 6.38. The van der Waals surface area contributed by atoms with Crippen molar-refractivity contribution in [3.8, 4) is 17.6 Å². The van der Waals surface area contributed by atoms with E-state index in [1.54, 1.807) is 30.0 Å². The lowest BCUT2D eigenvalue weighted by atomic mass is 10.1. The number of benzene rings is 2. The van der Waals surface area contributed by atoms with Gasteiger partial charge in [0.1, 0.15) is 23.7 Å². The van der Waals surface area contributed by atoms with E-state index in [0.717, 1.165) is 6.07 Å². The van der Waals surface area contributed by atoms with Crippen LogP contribution in [0.2, 0.25) is 0 Å². The van der Waals surface area contributed by atoms with Gasteiger partial charge in [-0.15, -0.1) is 10.2 Å². The molecule has 1 aliphatic heterocycles. The average Bonchev–Trinajstić information content (AvgIpc) is 3.56. The molecule has 11 heteroatoms. The molecule has 2 aliphatic rings. The summed E-state index contributed by atoms with van der Waals surface area (Å²) in [6.07, 6.45) is -4.48. The molecule has 0 radical (unpaired) electrons. The zero-order valence-electron chi connectivity index (χ0n) is 18.2. The third-order valence-corrected chi connectivity index (χ3v) is 6.38. The summed E-state index contributed by atoms with van der Waals surface area (Å²) in [7, 11) is 0. The molecule has 6 nitrogen and oxygen atoms in total. The Kier molecular flexibility index (Phi) is 4.49. The van der Waals surface area contributed by atoms with Crippen LogP contribution in [-0.4, -0.2) is 38.9 Å². The van der Waals surface area contributed by atoms with Crippen molar-refractivity contribution in [2.45, 2.75) is 25.9 Å². The Morgan fingerprint density at radius 2 is 1.89 bits per heavy atom. The lowest BCUT2D eigenvalue weighted by molar-refractivity contribution is -0.168. The van der Waals surface area contributed by atoms with Crippen LogP contribution in [0.25, 0.3) is 16.7 Å². The molecule has 0 bridgehead atoms. The molecule has 1 saturated carbocycles. The maximum absolute atomic E-state index is 15.1. The quantitative estimate of drug-likeness (QED) is 0.278. The molecule has 6 rings (SSSR count). The number of hydrogen-bond donors (Lipinski definition) is 0. The van der Waals surface area contributed by atoms with Crippen LogP contribution in [0.3, 0.4) is 0 Å². The summed E-state index contributed by atoms with van der Waals surface area (Å²) in [6.45, 7) is 2.04. The van der Waals surface area contributed by atoms with Crippen LogP contribution in [0.4, 0.5) is 33.5 Å². The van der Waals surface area contributed by atoms with Crippen LogP contribution in [0.5, 0.6) is 5.75 Å². The van der Waals surface area contributed by atoms with Gasteiger partial charge in [-0.1, -0.05) is 17.9 Å². The summed E-state index contributed by atoms with van der Waals surface area (Å²) in [5, 5.41) is 7.96. The van der Waals surface area contributed by atoms with Gasteiger partial charge in [0, 0.05) is 0 Å². The van der Waals surface area contributed by atoms with Crippen LogP contribution in [0, 0.1) is 35.8 Å². The number of aryl methyl sites for hydroxylation is 1. The van der Waals surface area contributed by atoms with E-state index in [9.17, 15) is 17.6 Å². The number of anilines is 2. The minimum absolute atomic E-state index is 0.0377. The smallest absolute Gasteiger partial charge is 0.405 e. The predicted octanol–water partition coefficient (Wildman–Crippen LogP) is 5.09. The number of nitrogens with zero attached hydrogens (tertiary/aromatic N) is 5. The van der Waals surface area contributed by atoms with Crippen LogP contribution in [0.1, 0.15) is 24.2 Å². The maximum atomic E-state index is 15.1. The van der Waals surface area contributed by atoms with Crippen molar-refractivity contribution in [3.63, 3.8) is 0 Å². The van der Waals surface area contributed by atoms with Gasteiger partial charge < -0.3 is 9.64 Å². The van der Waals surface area contributed by atoms with Gasteiger partial charge in [-0.25, -0.2) is 8.78 Å². The normalized spacial score (nSPS) is 16.6. The molecule has 0 spiro atoms. The van der Waals surface area contributed by atoms with E-state index in [4.69, 9.17) is 4.74 Å². The standard InChI is InChI=1S/C24H16F5N5O/c1-13-31-32-22-30-21(18-16(34(13)22)6-5-15(25)19(18)26)33-11-12-35-20-14(3-2-4-17(20)33)7-8-23(9-10-23)24(27,28)29/h2-6H,9-12H2,1H3. The van der Waals surface area contributed by atoms with E-state index in [0.29, 0.717) is 17.0 Å². The van der Waals surface area contributed by atoms with Crippen molar-refractivity contribution in [1.29, 1.82) is 0 Å². The van der Waals surface area contributed by atoms with Gasteiger partial charge >= 0.3 is 6.18 Å². The van der Waals surface area contributed by atoms with Crippen LogP contribution >= 0.6 is 0 Å². The molecule has 3 heterocycles. The van der Waals surface area contributed by atoms with Crippen molar-refractivity contribution in [2.24, 2.45) is 5.41 Å². The lowest BCUT2D eigenvalue weighted by Crippen LogP contribution is -2.30. The minimum atomic E-state index is -4.40. The largest absolute Gasteiger partial charge is 0.488 e. The molecule has 1 aliphatic carbocycles. The van der Waals surface area contributed by atoms with Crippen molar-refractivity contribution in [3.05, 3.63) is 53.4 Å². The minimum Gasteiger partial charge on any atom is -0.488 e. The Labute approximate surface area is 195 Å². The Bertz CT molecular complexity index is 1580. The third kappa shape index (κ3) is 3.20. The molecule has 2 aromatic heterocycles. The predicted molar refractivity (Wildman–Crippen MR) is 116 cm³/mol. The summed E-state index contributed by atoms with van der Waals surface area (Å²) in [6, 6.07) is 7.31. The first kappa shape index (κ1) is 21.6. The molecule has 178 valence electrons. The molecule has 0 amide bonds. The van der Waals surface area contributed by atoms with E-state index < -0.39 is 23.2 Å². The van der Waals surface area contributed by atoms with Crippen LogP contribution < -0.4 is 9.64 Å². The highest BCUT2D eigenvalue weighted by atomic mass is 19.4. The number of fused-ring (bicyclic) bond motifs is 4. The van der Waals surface area contributed by atoms with Gasteiger partial charge in [0.15, 0.2) is 17.4 Å². The molecule has 0 saturated heterocycles. The zero-order chi connectivity index (χ0) is 24.5. The molecule has 0 N–H and O–H groups in total. The number of ether oxygens (including phenoxy) is 1. The van der Waals surface area contributed by atoms with Crippen molar-refractivity contribution in [1.82, 2.24) is 19.6 Å². The summed E-state index contributed by atoms with van der Waals surface area (Å²) in [5.74, 6) is 3.91. The van der Waals surface area contributed by atoms with Gasteiger partial charge in [0.05, 0.1) is 28.7 Å². The van der Waals surface area contributed by atoms with Crippen molar-refractivity contribution < 1.29 is 26.7 Å². The van der Waals surface area contributed by atoms with E-state index in [2.05, 4.69) is 27.0 Å². The molecule has 35 heavy (non-hydrogen) atoms. The maximum Gasteiger partial charge on any atom is 0.405 e. The first-order valence-corrected chi connectivity index (χ1v) is 10.8. The number of rotatable bonds is 1. The Balaban J connectivity index is 1.54. The Morgan fingerprint density at radius 3 is 2.63 bits per heavy atom. The van der Waals surface area contributed by atoms with Gasteiger partial charge in [0.25, 0.3) is 5.78 Å². The molecule has 4 aromatic rings. The monoisotopic (exact) mass is 485 g/mol. The first-order chi connectivity index (χ1) is 16.7. The fraction of sp³-hybridized carbons (Fsp3) is 0.292. The lowest BCUT2D eigenvalue weighted by Gasteiger charge is -2.31. The van der Waals surface area contributed by atoms with Crippen LogP contribution in [-0.2, 0) is 0 Å². The van der Waals surface area contributed by atoms with Crippen LogP contribution in [0.15, 0.2) is 30.3 Å². The SMILES string of the molecule is Cc1nnc2nc(N3CCOc4c(C#CC5(C(F)(F)F)CC5)cccc43)c3c(F)c(F)ccc3n12. The Hall–Kier alpha value is -3.94. The van der Waals surface area contributed by atoms with Crippen molar-refractivity contribution >= 4 is 28.2 Å². The van der Waals surface area contributed by atoms with E-state index in [1.807, 2.05) is 0 Å². The molecule has 0 unspecified atom stereocenters. The second kappa shape index (κ2) is 7.28. The molecule has 1 fully saturated rings. The van der Waals surface area contributed by atoms with E-state index in [1.165, 1.54) is 10.5 Å². The summed E-state index contributed by atoms with van der Waals surface area (Å²) < 4.78 is 76.8. The van der Waals surface area contributed by atoms with E-state index in [-0.39, 0.29) is 54.3 Å². The highest BCUT2D eigenvalue weighted by Crippen LogP contribution is 2.57. The highest BCUT2D eigenvalue weighted by Gasteiger charge is 2.62. The van der Waals surface area contributed by atoms with Gasteiger partial charge in [0.2, 0.25) is 0 Å². The van der Waals surface area contributed by atoms with E-state index >= 15 is 4.39 Å². The number of alkyl halides is 3. The molecular weight excluding hydrogens is 469 g/mol. The fourth-order valence-corrected chi connectivity index (χ4v) is 4.35. The first-order valence-electron chi connectivity index (χ1n) is 10.8. The fourth-order valence-electron chi connectivity index (χ4n) is 4.35. The average molecular weight is 485 g/mol. The highest BCUT2D eigenvalue weighted by molar-refractivity contribution is 5.95. The number of para-hydroxylation sites is 1. The van der Waals surface area contributed by atoms with Gasteiger partial charge in [-0.3, -0.25) is 4.40 Å². The summed E-state index contributed by atoms with van der Waals surface area (Å²) in [4.78, 5) is 6.11. The Morgan fingerprint density at radius 1 is 1.09 bits per heavy atom. The second-order valence-electron chi connectivity index (χ2n) is 8.56. The van der Waals surface area contributed by atoms with Gasteiger partial charge in [-0.05, 0) is 44.0 Å². The summed E-state index contributed by atoms with van der Waals surface area (Å²) in [5.41, 5.74) is -0.953. The van der Waals surface area contributed by atoms with Gasteiger partial charge in [-0.2, -0.15) is 18.2 Å². The molecular formula is C24H16F5N5O. The summed E-state index contributed by atoms with van der Waals surface area (Å²) >= 11 is 0.